The molecule has 0 bridgehead atoms. The van der Waals surface area contributed by atoms with Crippen molar-refractivity contribution in [3.8, 4) is 6.07 Å². The van der Waals surface area contributed by atoms with Crippen molar-refractivity contribution in [3.63, 3.8) is 0 Å². The smallest absolute Gasteiger partial charge is 0.369 e. The highest BCUT2D eigenvalue weighted by molar-refractivity contribution is 5.96. The average Bonchev–Trinajstić information content (AvgIpc) is 2.98. The molecule has 2 aromatic rings. The largest absolute Gasteiger partial charge is 0.417 e. The van der Waals surface area contributed by atoms with Crippen molar-refractivity contribution in [3.05, 3.63) is 71.8 Å². The van der Waals surface area contributed by atoms with Crippen LogP contribution in [0.1, 0.15) is 17.5 Å². The molecule has 1 aliphatic rings. The predicted octanol–water partition coefficient (Wildman–Crippen LogP) is 4.24. The summed E-state index contributed by atoms with van der Waals surface area (Å²) in [4.78, 5) is 16.1. The second-order valence-electron chi connectivity index (χ2n) is 6.72. The Labute approximate surface area is 167 Å². The van der Waals surface area contributed by atoms with Gasteiger partial charge in [0.15, 0.2) is 0 Å². The van der Waals surface area contributed by atoms with E-state index in [-0.39, 0.29) is 12.1 Å². The summed E-state index contributed by atoms with van der Waals surface area (Å²) in [5.74, 6) is -0.656. The summed E-state index contributed by atoms with van der Waals surface area (Å²) in [7, 11) is 0. The van der Waals surface area contributed by atoms with Crippen LogP contribution in [-0.4, -0.2) is 43.2 Å². The van der Waals surface area contributed by atoms with Gasteiger partial charge in [-0.3, -0.25) is 4.79 Å². The molecule has 3 rings (SSSR count). The molecule has 0 aromatic heterocycles. The van der Waals surface area contributed by atoms with Gasteiger partial charge in [0.25, 0.3) is 0 Å². The van der Waals surface area contributed by atoms with E-state index in [0.29, 0.717) is 37.7 Å². The number of rotatable bonds is 3. The van der Waals surface area contributed by atoms with Gasteiger partial charge in [0.05, 0.1) is 16.8 Å². The van der Waals surface area contributed by atoms with E-state index in [1.807, 2.05) is 17.0 Å². The first kappa shape index (κ1) is 20.5. The maximum atomic E-state index is 13.5. The van der Waals surface area contributed by atoms with Crippen molar-refractivity contribution in [1.29, 1.82) is 5.26 Å². The fraction of sp³-hybridized carbons (Fsp3) is 0.273. The van der Waals surface area contributed by atoms with Crippen molar-refractivity contribution in [2.75, 3.05) is 31.1 Å². The molecule has 0 unspecified atom stereocenters. The van der Waals surface area contributed by atoms with Crippen LogP contribution in [0.4, 0.5) is 18.9 Å². The lowest BCUT2D eigenvalue weighted by Crippen LogP contribution is -2.35. The van der Waals surface area contributed by atoms with Crippen molar-refractivity contribution >= 4 is 17.2 Å². The van der Waals surface area contributed by atoms with E-state index < -0.39 is 17.7 Å². The SMILES string of the molecule is N#Cc1ccccc1N1CCCN(C(=O)/C=C(/c2ccccc2)C(F)(F)F)CC1. The monoisotopic (exact) mass is 399 g/mol. The third-order valence-electron chi connectivity index (χ3n) is 4.83. The van der Waals surface area contributed by atoms with Crippen LogP contribution in [0.3, 0.4) is 0 Å². The maximum Gasteiger partial charge on any atom is 0.417 e. The Morgan fingerprint density at radius 1 is 0.966 bits per heavy atom. The molecule has 1 saturated heterocycles. The third-order valence-corrected chi connectivity index (χ3v) is 4.83. The van der Waals surface area contributed by atoms with Crippen LogP contribution in [-0.2, 0) is 4.79 Å². The van der Waals surface area contributed by atoms with Gasteiger partial charge in [0.1, 0.15) is 6.07 Å². The van der Waals surface area contributed by atoms with Gasteiger partial charge in [-0.25, -0.2) is 0 Å². The van der Waals surface area contributed by atoms with Gasteiger partial charge in [0, 0.05) is 32.3 Å². The molecule has 0 radical (unpaired) electrons. The lowest BCUT2D eigenvalue weighted by Gasteiger charge is -2.24. The Bertz CT molecular complexity index is 932. The van der Waals surface area contributed by atoms with Crippen LogP contribution < -0.4 is 4.90 Å². The average molecular weight is 399 g/mol. The van der Waals surface area contributed by atoms with Gasteiger partial charge in [-0.05, 0) is 24.1 Å². The number of carbonyl (C=O) groups excluding carboxylic acids is 1. The van der Waals surface area contributed by atoms with Gasteiger partial charge < -0.3 is 9.80 Å². The first-order valence-corrected chi connectivity index (χ1v) is 9.27. The molecule has 1 heterocycles. The van der Waals surface area contributed by atoms with Crippen LogP contribution in [0.15, 0.2) is 60.7 Å². The Hall–Kier alpha value is -3.27. The summed E-state index contributed by atoms with van der Waals surface area (Å²) in [6, 6.07) is 16.7. The molecule has 0 atom stereocenters. The second-order valence-corrected chi connectivity index (χ2v) is 6.72. The Balaban J connectivity index is 1.78. The Morgan fingerprint density at radius 2 is 1.66 bits per heavy atom. The molecule has 1 amide bonds. The maximum absolute atomic E-state index is 13.5. The fourth-order valence-corrected chi connectivity index (χ4v) is 3.38. The Morgan fingerprint density at radius 3 is 2.34 bits per heavy atom. The second kappa shape index (κ2) is 8.82. The first-order chi connectivity index (χ1) is 13.9. The van der Waals surface area contributed by atoms with Gasteiger partial charge in [-0.2, -0.15) is 18.4 Å². The summed E-state index contributed by atoms with van der Waals surface area (Å²) >= 11 is 0. The van der Waals surface area contributed by atoms with E-state index in [0.717, 1.165) is 5.69 Å². The van der Waals surface area contributed by atoms with Crippen LogP contribution in [0.5, 0.6) is 0 Å². The molecule has 0 saturated carbocycles. The normalized spacial score (nSPS) is 15.6. The highest BCUT2D eigenvalue weighted by Crippen LogP contribution is 2.34. The number of halogens is 3. The molecule has 150 valence electrons. The minimum Gasteiger partial charge on any atom is -0.369 e. The first-order valence-electron chi connectivity index (χ1n) is 9.27. The van der Waals surface area contributed by atoms with E-state index in [1.165, 1.54) is 29.2 Å². The summed E-state index contributed by atoms with van der Waals surface area (Å²) in [5, 5.41) is 9.29. The molecule has 0 spiro atoms. The number of anilines is 1. The van der Waals surface area contributed by atoms with Crippen LogP contribution in [0, 0.1) is 11.3 Å². The van der Waals surface area contributed by atoms with E-state index in [9.17, 15) is 23.2 Å². The number of carbonyl (C=O) groups is 1. The van der Waals surface area contributed by atoms with Gasteiger partial charge >= 0.3 is 6.18 Å². The molecular weight excluding hydrogens is 379 g/mol. The highest BCUT2D eigenvalue weighted by Gasteiger charge is 2.35. The number of nitriles is 1. The molecule has 2 aromatic carbocycles. The zero-order chi connectivity index (χ0) is 20.9. The highest BCUT2D eigenvalue weighted by atomic mass is 19.4. The lowest BCUT2D eigenvalue weighted by atomic mass is 10.0. The van der Waals surface area contributed by atoms with Crippen molar-refractivity contribution in [2.24, 2.45) is 0 Å². The van der Waals surface area contributed by atoms with Crippen LogP contribution >= 0.6 is 0 Å². The third kappa shape index (κ3) is 4.96. The number of nitrogens with zero attached hydrogens (tertiary/aromatic N) is 3. The van der Waals surface area contributed by atoms with E-state index in [1.54, 1.807) is 18.2 Å². The van der Waals surface area contributed by atoms with Gasteiger partial charge in [0.2, 0.25) is 5.91 Å². The van der Waals surface area contributed by atoms with Gasteiger partial charge in [-0.1, -0.05) is 42.5 Å². The zero-order valence-corrected chi connectivity index (χ0v) is 15.7. The minimum absolute atomic E-state index is 0.0345. The number of benzene rings is 2. The number of amides is 1. The summed E-state index contributed by atoms with van der Waals surface area (Å²) in [6.45, 7) is 1.72. The minimum atomic E-state index is -4.62. The van der Waals surface area contributed by atoms with E-state index in [4.69, 9.17) is 0 Å². The number of hydrogen-bond donors (Lipinski definition) is 0. The van der Waals surface area contributed by atoms with Crippen LogP contribution in [0.2, 0.25) is 0 Å². The molecular formula is C22H20F3N3O. The zero-order valence-electron chi connectivity index (χ0n) is 15.7. The van der Waals surface area contributed by atoms with Crippen molar-refractivity contribution < 1.29 is 18.0 Å². The summed E-state index contributed by atoms with van der Waals surface area (Å²) in [5.41, 5.74) is 0.336. The molecule has 1 fully saturated rings. The number of allylic oxidation sites excluding steroid dienone is 1. The summed E-state index contributed by atoms with van der Waals surface area (Å²) < 4.78 is 40.5. The number of hydrogen-bond acceptors (Lipinski definition) is 3. The lowest BCUT2D eigenvalue weighted by molar-refractivity contribution is -0.126. The number of para-hydroxylation sites is 1. The topological polar surface area (TPSA) is 47.3 Å². The molecule has 1 aliphatic heterocycles. The van der Waals surface area contributed by atoms with E-state index in [2.05, 4.69) is 6.07 Å². The molecule has 0 N–H and O–H groups in total. The molecule has 7 heteroatoms. The fourth-order valence-electron chi connectivity index (χ4n) is 3.38. The quantitative estimate of drug-likeness (QED) is 0.726. The standard InChI is InChI=1S/C22H20F3N3O/c23-22(24,25)19(17-7-2-1-3-8-17)15-21(29)28-12-6-11-27(13-14-28)20-10-5-4-9-18(20)16-26/h1-5,7-10,15H,6,11-14H2/b19-15-. The van der Waals surface area contributed by atoms with Gasteiger partial charge in [-0.15, -0.1) is 0 Å². The van der Waals surface area contributed by atoms with Crippen molar-refractivity contribution in [1.82, 2.24) is 4.90 Å². The predicted molar refractivity (Wildman–Crippen MR) is 105 cm³/mol. The van der Waals surface area contributed by atoms with E-state index >= 15 is 0 Å². The van der Waals surface area contributed by atoms with Crippen molar-refractivity contribution in [2.45, 2.75) is 12.6 Å². The number of alkyl halides is 3. The summed E-state index contributed by atoms with van der Waals surface area (Å²) in [6.07, 6.45) is -3.33. The van der Waals surface area contributed by atoms with Crippen LogP contribution in [0.25, 0.3) is 5.57 Å². The Kier molecular flexibility index (Phi) is 6.23. The molecule has 0 aliphatic carbocycles. The molecule has 29 heavy (non-hydrogen) atoms. The molecule has 4 nitrogen and oxygen atoms in total.